The molecule has 7 rings (SSSR count). The molecule has 2 fully saturated rings. The highest BCUT2D eigenvalue weighted by Crippen LogP contribution is 2.38. The van der Waals surface area contributed by atoms with Crippen molar-refractivity contribution in [2.45, 2.75) is 77.5 Å². The number of methoxy groups -OCH3 is 1. The maximum Gasteiger partial charge on any atom is 0.407 e. The Hall–Kier alpha value is -5.70. The van der Waals surface area contributed by atoms with E-state index in [1.54, 1.807) is 22.4 Å². The molecule has 0 spiro atoms. The molecule has 4 amide bonds. The molecule has 2 aliphatic heterocycles. The Morgan fingerprint density at radius 2 is 1.36 bits per heavy atom. The van der Waals surface area contributed by atoms with Crippen LogP contribution < -0.4 is 10.6 Å². The Kier molecular flexibility index (Phi) is 11.1. The summed E-state index contributed by atoms with van der Waals surface area (Å²) in [5, 5.41) is 14.4. The van der Waals surface area contributed by atoms with E-state index in [2.05, 4.69) is 74.1 Å². The first-order valence-corrected chi connectivity index (χ1v) is 19.9. The number of aromatic amines is 2. The molecule has 14 nitrogen and oxygen atoms in total. The molecular weight excluding hydrogens is 733 g/mol. The SMILES string of the molecule is COC(=O)NC(C(=O)N1CCCC1c1ncc(-c2ccc(-c3ccc(-c4ccc5nc(C6CCCN6C(=O)C(NC(=O)O)C(C)C)[nH]c5c4)s3)cc2)[nH]1)C(C)C. The molecule has 15 heteroatoms. The van der Waals surface area contributed by atoms with Crippen molar-refractivity contribution in [1.82, 2.24) is 40.4 Å². The topological polar surface area (TPSA) is 186 Å². The van der Waals surface area contributed by atoms with Crippen molar-refractivity contribution >= 4 is 46.4 Å². The number of nitrogens with one attached hydrogen (secondary N) is 4. The van der Waals surface area contributed by atoms with Crippen LogP contribution in [-0.2, 0) is 14.3 Å². The quantitative estimate of drug-likeness (QED) is 0.0921. The van der Waals surface area contributed by atoms with Crippen LogP contribution in [0.5, 0.6) is 0 Å². The zero-order chi connectivity index (χ0) is 39.7. The molecule has 2 aromatic carbocycles. The minimum Gasteiger partial charge on any atom is -0.465 e. The molecule has 2 aliphatic rings. The first kappa shape index (κ1) is 38.6. The van der Waals surface area contributed by atoms with Crippen LogP contribution in [0.3, 0.4) is 0 Å². The van der Waals surface area contributed by atoms with Gasteiger partial charge in [-0.15, -0.1) is 11.3 Å². The number of imidazole rings is 2. The highest BCUT2D eigenvalue weighted by Gasteiger charge is 2.39. The number of carbonyl (C=O) groups is 4. The van der Waals surface area contributed by atoms with Gasteiger partial charge in [0.25, 0.3) is 0 Å². The Labute approximate surface area is 329 Å². The van der Waals surface area contributed by atoms with Gasteiger partial charge in [0.05, 0.1) is 42.1 Å². The van der Waals surface area contributed by atoms with Gasteiger partial charge in [0.2, 0.25) is 11.8 Å². The Morgan fingerprint density at radius 1 is 0.786 bits per heavy atom. The van der Waals surface area contributed by atoms with Gasteiger partial charge in [-0.1, -0.05) is 58.0 Å². The molecule has 0 radical (unpaired) electrons. The summed E-state index contributed by atoms with van der Waals surface area (Å²) >= 11 is 1.70. The number of nitrogens with zero attached hydrogens (tertiary/aromatic N) is 4. The number of carbonyl (C=O) groups excluding carboxylic acids is 3. The highest BCUT2D eigenvalue weighted by molar-refractivity contribution is 7.18. The predicted molar refractivity (Wildman–Crippen MR) is 214 cm³/mol. The van der Waals surface area contributed by atoms with Crippen LogP contribution in [0.2, 0.25) is 0 Å². The number of carboxylic acid groups (broad SMARTS) is 1. The average molecular weight is 781 g/mol. The molecular formula is C41H48N8O6S. The Morgan fingerprint density at radius 3 is 1.96 bits per heavy atom. The lowest BCUT2D eigenvalue weighted by Gasteiger charge is -2.30. The number of fused-ring (bicyclic) bond motifs is 1. The van der Waals surface area contributed by atoms with Crippen LogP contribution in [0.1, 0.15) is 77.1 Å². The van der Waals surface area contributed by atoms with Crippen LogP contribution in [0.25, 0.3) is 43.2 Å². The number of hydrogen-bond acceptors (Lipinski definition) is 8. The van der Waals surface area contributed by atoms with Gasteiger partial charge in [0, 0.05) is 22.8 Å². The number of thiophene rings is 1. The van der Waals surface area contributed by atoms with Crippen LogP contribution in [0.4, 0.5) is 9.59 Å². The summed E-state index contributed by atoms with van der Waals surface area (Å²) in [5.74, 6) is 0.770. The summed E-state index contributed by atoms with van der Waals surface area (Å²) in [6.45, 7) is 8.62. The summed E-state index contributed by atoms with van der Waals surface area (Å²) in [6, 6.07) is 16.7. The van der Waals surface area contributed by atoms with Gasteiger partial charge in [0.15, 0.2) is 0 Å². The summed E-state index contributed by atoms with van der Waals surface area (Å²) < 4.78 is 4.76. The molecule has 3 aromatic heterocycles. The second-order valence-corrected chi connectivity index (χ2v) is 16.3. The highest BCUT2D eigenvalue weighted by atomic mass is 32.1. The van der Waals surface area contributed by atoms with E-state index in [9.17, 15) is 24.3 Å². The van der Waals surface area contributed by atoms with Crippen molar-refractivity contribution in [1.29, 1.82) is 0 Å². The lowest BCUT2D eigenvalue weighted by Crippen LogP contribution is -2.51. The van der Waals surface area contributed by atoms with Crippen LogP contribution in [-0.4, -0.2) is 91.1 Å². The van der Waals surface area contributed by atoms with Gasteiger partial charge in [-0.25, -0.2) is 19.6 Å². The van der Waals surface area contributed by atoms with Gasteiger partial charge in [-0.2, -0.15) is 0 Å². The van der Waals surface area contributed by atoms with Gasteiger partial charge >= 0.3 is 12.2 Å². The van der Waals surface area contributed by atoms with E-state index in [-0.39, 0.29) is 35.7 Å². The molecule has 5 heterocycles. The molecule has 0 aliphatic carbocycles. The largest absolute Gasteiger partial charge is 0.465 e. The monoisotopic (exact) mass is 780 g/mol. The first-order chi connectivity index (χ1) is 26.9. The minimum atomic E-state index is -1.21. The smallest absolute Gasteiger partial charge is 0.407 e. The zero-order valence-corrected chi connectivity index (χ0v) is 33.0. The van der Waals surface area contributed by atoms with Crippen molar-refractivity contribution in [3.63, 3.8) is 0 Å². The van der Waals surface area contributed by atoms with E-state index in [1.165, 1.54) is 7.11 Å². The van der Waals surface area contributed by atoms with Crippen molar-refractivity contribution in [3.8, 4) is 32.1 Å². The molecule has 56 heavy (non-hydrogen) atoms. The molecule has 0 bridgehead atoms. The van der Waals surface area contributed by atoms with E-state index in [4.69, 9.17) is 9.72 Å². The number of amides is 4. The van der Waals surface area contributed by atoms with Gasteiger partial charge in [0.1, 0.15) is 23.7 Å². The standard InChI is InChI=1S/C41H48N8O6S/c1-22(2)34(46-40(52)53)38(50)49-19-7-9-31(49)37-43-27-15-14-26(20-28(27)44-37)33-17-16-32(56-33)25-12-10-24(11-13-25)29-21-42-36(45-29)30-8-6-18-48(30)39(51)35(23(3)4)47-41(54)55-5/h10-17,20-23,30-31,34-35,46H,6-9,18-19H2,1-5H3,(H,42,45)(H,43,44)(H,47,54)(H,52,53). The van der Waals surface area contributed by atoms with Crippen molar-refractivity contribution < 1.29 is 29.0 Å². The Balaban J connectivity index is 1.03. The third-order valence-electron chi connectivity index (χ3n) is 10.8. The molecule has 4 unspecified atom stereocenters. The van der Waals surface area contributed by atoms with Crippen LogP contribution in [0, 0.1) is 11.8 Å². The molecule has 294 valence electrons. The lowest BCUT2D eigenvalue weighted by molar-refractivity contribution is -0.136. The van der Waals surface area contributed by atoms with Gasteiger partial charge in [-0.3, -0.25) is 9.59 Å². The average Bonchev–Trinajstić information content (AvgIpc) is 4.03. The molecule has 2 saturated heterocycles. The second kappa shape index (κ2) is 16.2. The summed E-state index contributed by atoms with van der Waals surface area (Å²) in [6.07, 6.45) is 3.17. The van der Waals surface area contributed by atoms with Crippen molar-refractivity contribution in [2.24, 2.45) is 11.8 Å². The number of aromatic nitrogens is 4. The van der Waals surface area contributed by atoms with E-state index in [0.29, 0.717) is 18.9 Å². The van der Waals surface area contributed by atoms with Crippen molar-refractivity contribution in [3.05, 3.63) is 72.4 Å². The zero-order valence-electron chi connectivity index (χ0n) is 32.2. The van der Waals surface area contributed by atoms with Gasteiger partial charge < -0.3 is 40.2 Å². The number of likely N-dealkylation sites (tertiary alicyclic amines) is 2. The fourth-order valence-corrected chi connectivity index (χ4v) is 8.80. The van der Waals surface area contributed by atoms with E-state index in [1.807, 2.05) is 38.7 Å². The Bertz CT molecular complexity index is 2230. The van der Waals surface area contributed by atoms with Gasteiger partial charge in [-0.05, 0) is 78.5 Å². The van der Waals surface area contributed by atoms with E-state index >= 15 is 0 Å². The number of alkyl carbamates (subject to hydrolysis) is 1. The lowest BCUT2D eigenvalue weighted by atomic mass is 10.0. The molecule has 4 atom stereocenters. The maximum atomic E-state index is 13.5. The summed E-state index contributed by atoms with van der Waals surface area (Å²) in [4.78, 5) is 72.6. The molecule has 5 aromatic rings. The first-order valence-electron chi connectivity index (χ1n) is 19.1. The summed E-state index contributed by atoms with van der Waals surface area (Å²) in [5.41, 5.74) is 5.66. The number of hydrogen-bond donors (Lipinski definition) is 5. The van der Waals surface area contributed by atoms with E-state index in [0.717, 1.165) is 74.7 Å². The second-order valence-electron chi connectivity index (χ2n) is 15.2. The van der Waals surface area contributed by atoms with Crippen LogP contribution >= 0.6 is 11.3 Å². The van der Waals surface area contributed by atoms with Crippen molar-refractivity contribution in [2.75, 3.05) is 20.2 Å². The molecule has 0 saturated carbocycles. The number of H-pyrrole nitrogens is 2. The van der Waals surface area contributed by atoms with Crippen LogP contribution in [0.15, 0.2) is 60.8 Å². The third-order valence-corrected chi connectivity index (χ3v) is 12.0. The number of benzene rings is 2. The maximum absolute atomic E-state index is 13.5. The predicted octanol–water partition coefficient (Wildman–Crippen LogP) is 7.35. The summed E-state index contributed by atoms with van der Waals surface area (Å²) in [7, 11) is 1.29. The van der Waals surface area contributed by atoms with E-state index < -0.39 is 24.3 Å². The fourth-order valence-electron chi connectivity index (χ4n) is 7.79. The third kappa shape index (κ3) is 7.85. The number of ether oxygens (including phenoxy) is 1. The number of rotatable bonds is 11. The fraction of sp³-hybridized carbons (Fsp3) is 0.415. The minimum absolute atomic E-state index is 0.106. The molecule has 5 N–H and O–H groups in total. The normalized spacial score (nSPS) is 18.1.